The number of hydrogen-bond donors (Lipinski definition) is 1. The Hall–Kier alpha value is -1.82. The SMILES string of the molecule is OC[C@H]1[C@H](c2ccccc2)C2(CN(Cc3cc(F)ccc3F)C2)N1CC1CC1. The van der Waals surface area contributed by atoms with Crippen LogP contribution >= 0.6 is 0 Å². The molecule has 2 heterocycles. The van der Waals surface area contributed by atoms with Crippen molar-refractivity contribution < 1.29 is 13.9 Å². The van der Waals surface area contributed by atoms with E-state index in [0.717, 1.165) is 31.6 Å². The molecule has 1 saturated carbocycles. The maximum atomic E-state index is 14.1. The van der Waals surface area contributed by atoms with Gasteiger partial charge in [-0.15, -0.1) is 0 Å². The van der Waals surface area contributed by atoms with Gasteiger partial charge in [-0.05, 0) is 42.5 Å². The van der Waals surface area contributed by atoms with Gasteiger partial charge in [-0.1, -0.05) is 30.3 Å². The molecule has 28 heavy (non-hydrogen) atoms. The minimum absolute atomic E-state index is 0.00113. The molecule has 0 aromatic heterocycles. The Bertz CT molecular complexity index is 849. The van der Waals surface area contributed by atoms with Gasteiger partial charge in [-0.2, -0.15) is 0 Å². The average molecular weight is 384 g/mol. The lowest BCUT2D eigenvalue weighted by atomic mass is 9.60. The van der Waals surface area contributed by atoms with Crippen LogP contribution in [0.4, 0.5) is 8.78 Å². The minimum Gasteiger partial charge on any atom is -0.395 e. The second-order valence-corrected chi connectivity index (χ2v) is 8.72. The molecule has 1 N–H and O–H groups in total. The molecule has 148 valence electrons. The zero-order valence-corrected chi connectivity index (χ0v) is 15.9. The summed E-state index contributed by atoms with van der Waals surface area (Å²) in [5.41, 5.74) is 1.68. The van der Waals surface area contributed by atoms with Crippen molar-refractivity contribution in [2.75, 3.05) is 26.2 Å². The van der Waals surface area contributed by atoms with Crippen LogP contribution in [-0.2, 0) is 6.54 Å². The quantitative estimate of drug-likeness (QED) is 0.827. The third kappa shape index (κ3) is 2.97. The Balaban J connectivity index is 1.37. The highest BCUT2D eigenvalue weighted by Gasteiger charge is 2.65. The predicted molar refractivity (Wildman–Crippen MR) is 104 cm³/mol. The summed E-state index contributed by atoms with van der Waals surface area (Å²) in [5.74, 6) is 0.287. The summed E-state index contributed by atoms with van der Waals surface area (Å²) in [7, 11) is 0. The number of hydrogen-bond acceptors (Lipinski definition) is 3. The lowest BCUT2D eigenvalue weighted by molar-refractivity contribution is -0.194. The smallest absolute Gasteiger partial charge is 0.127 e. The predicted octanol–water partition coefficient (Wildman–Crippen LogP) is 3.39. The number of rotatable bonds is 6. The monoisotopic (exact) mass is 384 g/mol. The van der Waals surface area contributed by atoms with Crippen molar-refractivity contribution >= 4 is 0 Å². The van der Waals surface area contributed by atoms with Crippen LogP contribution in [0, 0.1) is 17.6 Å². The summed E-state index contributed by atoms with van der Waals surface area (Å²) >= 11 is 0. The van der Waals surface area contributed by atoms with Crippen LogP contribution in [0.15, 0.2) is 48.5 Å². The van der Waals surface area contributed by atoms with E-state index in [1.807, 2.05) is 6.07 Å². The van der Waals surface area contributed by atoms with Crippen molar-refractivity contribution in [3.63, 3.8) is 0 Å². The Morgan fingerprint density at radius 3 is 2.46 bits per heavy atom. The molecule has 5 rings (SSSR count). The number of nitrogens with zero attached hydrogens (tertiary/aromatic N) is 2. The maximum Gasteiger partial charge on any atom is 0.127 e. The zero-order chi connectivity index (χ0) is 19.3. The first-order valence-electron chi connectivity index (χ1n) is 10.2. The lowest BCUT2D eigenvalue weighted by Gasteiger charge is -2.71. The first kappa shape index (κ1) is 18.2. The molecule has 3 aliphatic rings. The van der Waals surface area contributed by atoms with Crippen LogP contribution in [0.25, 0.3) is 0 Å². The maximum absolute atomic E-state index is 14.1. The third-order valence-electron chi connectivity index (χ3n) is 6.83. The molecule has 2 atom stereocenters. The molecular formula is C23H26F2N2O. The van der Waals surface area contributed by atoms with E-state index in [0.29, 0.717) is 12.1 Å². The topological polar surface area (TPSA) is 26.7 Å². The molecule has 1 aliphatic carbocycles. The van der Waals surface area contributed by atoms with Crippen molar-refractivity contribution in [3.05, 3.63) is 71.3 Å². The second kappa shape index (κ2) is 6.90. The van der Waals surface area contributed by atoms with Crippen LogP contribution in [0.2, 0.25) is 0 Å². The van der Waals surface area contributed by atoms with Crippen LogP contribution in [0.3, 0.4) is 0 Å². The molecule has 3 nitrogen and oxygen atoms in total. The van der Waals surface area contributed by atoms with Gasteiger partial charge in [0.2, 0.25) is 0 Å². The molecule has 0 amide bonds. The standard InChI is InChI=1S/C23H26F2N2O/c24-19-8-9-20(25)18(10-19)12-26-14-23(15-26)22(17-4-2-1-3-5-17)21(13-28)27(23)11-16-6-7-16/h1-5,8-10,16,21-22,28H,6-7,11-15H2/t21-,22-/m0/s1. The van der Waals surface area contributed by atoms with E-state index in [-0.39, 0.29) is 29.9 Å². The number of aliphatic hydroxyl groups excluding tert-OH is 1. The van der Waals surface area contributed by atoms with Gasteiger partial charge in [0.15, 0.2) is 0 Å². The van der Waals surface area contributed by atoms with E-state index in [1.165, 1.54) is 30.5 Å². The summed E-state index contributed by atoms with van der Waals surface area (Å²) in [6.45, 7) is 3.27. The van der Waals surface area contributed by atoms with Crippen LogP contribution < -0.4 is 0 Å². The van der Waals surface area contributed by atoms with Crippen LogP contribution in [-0.4, -0.2) is 52.7 Å². The van der Waals surface area contributed by atoms with Gasteiger partial charge in [0.1, 0.15) is 11.6 Å². The van der Waals surface area contributed by atoms with E-state index in [4.69, 9.17) is 0 Å². The second-order valence-electron chi connectivity index (χ2n) is 8.72. The Kier molecular flexibility index (Phi) is 4.49. The lowest BCUT2D eigenvalue weighted by Crippen LogP contribution is -2.84. The number of aliphatic hydroxyl groups is 1. The highest BCUT2D eigenvalue weighted by atomic mass is 19.1. The van der Waals surface area contributed by atoms with Gasteiger partial charge >= 0.3 is 0 Å². The molecule has 2 aliphatic heterocycles. The molecule has 2 aromatic rings. The van der Waals surface area contributed by atoms with Crippen molar-refractivity contribution in [1.82, 2.24) is 9.80 Å². The van der Waals surface area contributed by atoms with Gasteiger partial charge in [-0.25, -0.2) is 8.78 Å². The molecule has 2 aromatic carbocycles. The Labute approximate surface area is 164 Å². The van der Waals surface area contributed by atoms with Gasteiger partial charge in [0.05, 0.1) is 12.1 Å². The number of benzene rings is 2. The zero-order valence-electron chi connectivity index (χ0n) is 15.9. The van der Waals surface area contributed by atoms with Gasteiger partial charge in [0.25, 0.3) is 0 Å². The first-order chi connectivity index (χ1) is 13.6. The minimum atomic E-state index is -0.395. The van der Waals surface area contributed by atoms with E-state index >= 15 is 0 Å². The molecule has 3 fully saturated rings. The highest BCUT2D eigenvalue weighted by molar-refractivity contribution is 5.36. The largest absolute Gasteiger partial charge is 0.395 e. The van der Waals surface area contributed by atoms with E-state index in [1.54, 1.807) is 0 Å². The van der Waals surface area contributed by atoms with Crippen molar-refractivity contribution in [2.45, 2.75) is 36.9 Å². The first-order valence-corrected chi connectivity index (χ1v) is 10.2. The number of likely N-dealkylation sites (tertiary alicyclic amines) is 2. The van der Waals surface area contributed by atoms with Gasteiger partial charge < -0.3 is 5.11 Å². The van der Waals surface area contributed by atoms with E-state index in [2.05, 4.69) is 34.1 Å². The Morgan fingerprint density at radius 1 is 1.04 bits per heavy atom. The third-order valence-corrected chi connectivity index (χ3v) is 6.83. The summed E-state index contributed by atoms with van der Waals surface area (Å²) < 4.78 is 27.6. The highest BCUT2D eigenvalue weighted by Crippen LogP contribution is 2.55. The Morgan fingerprint density at radius 2 is 1.79 bits per heavy atom. The van der Waals surface area contributed by atoms with Crippen LogP contribution in [0.5, 0.6) is 0 Å². The summed E-state index contributed by atoms with van der Waals surface area (Å²) in [5, 5.41) is 10.1. The fraction of sp³-hybridized carbons (Fsp3) is 0.478. The normalized spacial score (nSPS) is 26.8. The van der Waals surface area contributed by atoms with Crippen molar-refractivity contribution in [3.8, 4) is 0 Å². The average Bonchev–Trinajstić information content (AvgIpc) is 3.48. The summed E-state index contributed by atoms with van der Waals surface area (Å²) in [6.07, 6.45) is 2.55. The summed E-state index contributed by atoms with van der Waals surface area (Å²) in [4.78, 5) is 4.70. The fourth-order valence-corrected chi connectivity index (χ4v) is 5.38. The van der Waals surface area contributed by atoms with Gasteiger partial charge in [0, 0.05) is 43.7 Å². The molecule has 1 spiro atoms. The molecule has 0 radical (unpaired) electrons. The molecule has 0 bridgehead atoms. The van der Waals surface area contributed by atoms with Crippen molar-refractivity contribution in [2.24, 2.45) is 5.92 Å². The van der Waals surface area contributed by atoms with E-state index in [9.17, 15) is 13.9 Å². The van der Waals surface area contributed by atoms with E-state index < -0.39 is 5.82 Å². The number of halogens is 2. The molecule has 5 heteroatoms. The van der Waals surface area contributed by atoms with Crippen molar-refractivity contribution in [1.29, 1.82) is 0 Å². The summed E-state index contributed by atoms with van der Waals surface area (Å²) in [6, 6.07) is 14.2. The fourth-order valence-electron chi connectivity index (χ4n) is 5.38. The van der Waals surface area contributed by atoms with Gasteiger partial charge in [-0.3, -0.25) is 9.80 Å². The van der Waals surface area contributed by atoms with Crippen LogP contribution in [0.1, 0.15) is 29.9 Å². The molecular weight excluding hydrogens is 358 g/mol. The molecule has 0 unspecified atom stereocenters. The molecule has 2 saturated heterocycles.